The molecule has 1 aliphatic rings. The lowest BCUT2D eigenvalue weighted by Crippen LogP contribution is -2.15. The van der Waals surface area contributed by atoms with Crippen LogP contribution in [0.3, 0.4) is 0 Å². The summed E-state index contributed by atoms with van der Waals surface area (Å²) in [5.41, 5.74) is 19.0. The van der Waals surface area contributed by atoms with E-state index in [1.807, 2.05) is 12.1 Å². The molecule has 0 bridgehead atoms. The Morgan fingerprint density at radius 2 is 0.867 bits per heavy atom. The van der Waals surface area contributed by atoms with Crippen molar-refractivity contribution < 1.29 is 4.42 Å². The van der Waals surface area contributed by atoms with Gasteiger partial charge in [-0.15, -0.1) is 0 Å². The number of rotatable bonds is 4. The Labute approximate surface area is 347 Å². The van der Waals surface area contributed by atoms with Gasteiger partial charge >= 0.3 is 0 Å². The summed E-state index contributed by atoms with van der Waals surface area (Å²) in [6, 6.07) is 71.1. The first-order chi connectivity index (χ1) is 29.5. The van der Waals surface area contributed by atoms with E-state index in [-0.39, 0.29) is 5.41 Å². The van der Waals surface area contributed by atoms with Crippen LogP contribution in [0.5, 0.6) is 0 Å². The van der Waals surface area contributed by atoms with Crippen molar-refractivity contribution >= 4 is 65.6 Å². The zero-order chi connectivity index (χ0) is 39.7. The molecule has 3 heteroatoms. The van der Waals surface area contributed by atoms with E-state index in [9.17, 15) is 0 Å². The minimum atomic E-state index is -0.0650. The van der Waals surface area contributed by atoms with Crippen LogP contribution < -0.4 is 0 Å². The lowest BCUT2D eigenvalue weighted by atomic mass is 9.82. The van der Waals surface area contributed by atoms with E-state index < -0.39 is 0 Å². The first-order valence-electron chi connectivity index (χ1n) is 20.8. The molecule has 3 heterocycles. The van der Waals surface area contributed by atoms with Crippen molar-refractivity contribution in [1.29, 1.82) is 0 Å². The molecule has 282 valence electrons. The largest absolute Gasteiger partial charge is 0.455 e. The quantitative estimate of drug-likeness (QED) is 0.175. The van der Waals surface area contributed by atoms with Gasteiger partial charge in [-0.25, -0.2) is 0 Å². The summed E-state index contributed by atoms with van der Waals surface area (Å²) >= 11 is 0. The summed E-state index contributed by atoms with van der Waals surface area (Å²) in [5.74, 6) is 0. The smallest absolute Gasteiger partial charge is 0.143 e. The molecule has 0 N–H and O–H groups in total. The van der Waals surface area contributed by atoms with E-state index in [1.165, 1.54) is 82.7 Å². The minimum Gasteiger partial charge on any atom is -0.455 e. The van der Waals surface area contributed by atoms with E-state index in [0.29, 0.717) is 0 Å². The molecule has 60 heavy (non-hydrogen) atoms. The maximum Gasteiger partial charge on any atom is 0.143 e. The number of nitrogens with zero attached hydrogens (tertiary/aromatic N) is 2. The van der Waals surface area contributed by atoms with Crippen LogP contribution in [-0.4, -0.2) is 9.13 Å². The fraction of sp³-hybridized carbons (Fsp3) is 0.0526. The fourth-order valence-electron chi connectivity index (χ4n) is 10.5. The van der Waals surface area contributed by atoms with Crippen LogP contribution >= 0.6 is 0 Å². The van der Waals surface area contributed by atoms with Gasteiger partial charge in [0.2, 0.25) is 0 Å². The van der Waals surface area contributed by atoms with Gasteiger partial charge in [0.05, 0.1) is 22.1 Å². The highest BCUT2D eigenvalue weighted by Crippen LogP contribution is 2.49. The second kappa shape index (κ2) is 12.2. The molecule has 0 fully saturated rings. The zero-order valence-corrected chi connectivity index (χ0v) is 33.3. The van der Waals surface area contributed by atoms with Crippen LogP contribution in [0.4, 0.5) is 0 Å². The van der Waals surface area contributed by atoms with Crippen LogP contribution in [-0.2, 0) is 5.41 Å². The Morgan fingerprint density at radius 1 is 0.350 bits per heavy atom. The molecule has 0 amide bonds. The fourth-order valence-corrected chi connectivity index (χ4v) is 10.5. The molecule has 0 atom stereocenters. The number of furan rings is 1. The summed E-state index contributed by atoms with van der Waals surface area (Å²) in [5, 5.41) is 7.29. The minimum absolute atomic E-state index is 0.0650. The van der Waals surface area contributed by atoms with Gasteiger partial charge in [-0.3, -0.25) is 0 Å². The van der Waals surface area contributed by atoms with E-state index >= 15 is 0 Å². The standard InChI is InChI=1S/C57H38N2O/c1-57(2)49-18-7-3-12-41(49)42-29-28-39(34-50(42)57)59-52-20-9-5-14-44(52)48-33-37(25-31-54(48)59)36-24-30-53-47(32-36)43-13-4-8-19-51(43)58(53)38-26-22-35(23-27-38)40-16-11-17-46-45-15-6-10-21-55(45)60-56(40)46/h3-34H,1-2H3. The molecule has 12 aromatic rings. The molecular weight excluding hydrogens is 729 g/mol. The topological polar surface area (TPSA) is 23.0 Å². The first-order valence-corrected chi connectivity index (χ1v) is 20.8. The summed E-state index contributed by atoms with van der Waals surface area (Å²) < 4.78 is 11.2. The molecule has 3 nitrogen and oxygen atoms in total. The monoisotopic (exact) mass is 766 g/mol. The Kier molecular flexibility index (Phi) is 6.78. The predicted molar refractivity (Wildman–Crippen MR) is 251 cm³/mol. The molecule has 0 aliphatic heterocycles. The summed E-state index contributed by atoms with van der Waals surface area (Å²) in [6.45, 7) is 4.71. The highest BCUT2D eigenvalue weighted by atomic mass is 16.3. The average molecular weight is 767 g/mol. The van der Waals surface area contributed by atoms with Gasteiger partial charge in [0.15, 0.2) is 0 Å². The number of hydrogen-bond acceptors (Lipinski definition) is 1. The lowest BCUT2D eigenvalue weighted by molar-refractivity contribution is 0.660. The van der Waals surface area contributed by atoms with Crippen LogP contribution in [0.25, 0.3) is 110 Å². The average Bonchev–Trinajstić information content (AvgIpc) is 4.01. The van der Waals surface area contributed by atoms with Crippen molar-refractivity contribution in [2.24, 2.45) is 0 Å². The van der Waals surface area contributed by atoms with Gasteiger partial charge in [0.25, 0.3) is 0 Å². The van der Waals surface area contributed by atoms with Gasteiger partial charge in [0.1, 0.15) is 11.2 Å². The number of aromatic nitrogens is 2. The van der Waals surface area contributed by atoms with E-state index in [0.717, 1.165) is 38.8 Å². The normalized spacial score (nSPS) is 13.3. The Bertz CT molecular complexity index is 3740. The van der Waals surface area contributed by atoms with Gasteiger partial charge in [-0.05, 0) is 106 Å². The van der Waals surface area contributed by atoms with Gasteiger partial charge < -0.3 is 13.6 Å². The summed E-state index contributed by atoms with van der Waals surface area (Å²) in [4.78, 5) is 0. The highest BCUT2D eigenvalue weighted by Gasteiger charge is 2.35. The van der Waals surface area contributed by atoms with E-state index in [2.05, 4.69) is 205 Å². The molecule has 3 aromatic heterocycles. The number of benzene rings is 9. The van der Waals surface area contributed by atoms with Gasteiger partial charge in [-0.2, -0.15) is 0 Å². The molecular formula is C57H38N2O. The first kappa shape index (κ1) is 33.4. The predicted octanol–water partition coefficient (Wildman–Crippen LogP) is 15.4. The van der Waals surface area contributed by atoms with E-state index in [1.54, 1.807) is 0 Å². The van der Waals surface area contributed by atoms with Crippen LogP contribution in [0.15, 0.2) is 199 Å². The molecule has 0 radical (unpaired) electrons. The number of para-hydroxylation sites is 4. The van der Waals surface area contributed by atoms with Gasteiger partial charge in [0, 0.05) is 54.7 Å². The third kappa shape index (κ3) is 4.60. The number of hydrogen-bond donors (Lipinski definition) is 0. The van der Waals surface area contributed by atoms with Crippen molar-refractivity contribution in [2.45, 2.75) is 19.3 Å². The Morgan fingerprint density at radius 3 is 1.58 bits per heavy atom. The summed E-state index contributed by atoms with van der Waals surface area (Å²) in [6.07, 6.45) is 0. The number of fused-ring (bicyclic) bond motifs is 12. The van der Waals surface area contributed by atoms with Crippen LogP contribution in [0.2, 0.25) is 0 Å². The van der Waals surface area contributed by atoms with Crippen molar-refractivity contribution in [1.82, 2.24) is 9.13 Å². The Balaban J connectivity index is 0.913. The second-order valence-corrected chi connectivity index (χ2v) is 16.9. The molecule has 0 spiro atoms. The SMILES string of the molecule is CC1(C)c2ccccc2-c2ccc(-n3c4ccccc4c4cc(-c5ccc6c(c5)c5ccccc5n6-c5ccc(-c6cccc7c6oc6ccccc67)cc5)ccc43)cc21. The van der Waals surface area contributed by atoms with Crippen molar-refractivity contribution in [2.75, 3.05) is 0 Å². The molecule has 0 saturated carbocycles. The van der Waals surface area contributed by atoms with Crippen molar-refractivity contribution in [3.63, 3.8) is 0 Å². The van der Waals surface area contributed by atoms with Crippen molar-refractivity contribution in [3.05, 3.63) is 205 Å². The maximum absolute atomic E-state index is 6.39. The molecule has 0 saturated heterocycles. The third-order valence-corrected chi connectivity index (χ3v) is 13.3. The van der Waals surface area contributed by atoms with Crippen molar-refractivity contribution in [3.8, 4) is 44.8 Å². The summed E-state index contributed by atoms with van der Waals surface area (Å²) in [7, 11) is 0. The third-order valence-electron chi connectivity index (χ3n) is 13.3. The molecule has 13 rings (SSSR count). The Hall–Kier alpha value is -7.62. The lowest BCUT2D eigenvalue weighted by Gasteiger charge is -2.22. The van der Waals surface area contributed by atoms with Crippen LogP contribution in [0, 0.1) is 0 Å². The molecule has 9 aromatic carbocycles. The molecule has 0 unspecified atom stereocenters. The van der Waals surface area contributed by atoms with E-state index in [4.69, 9.17) is 4.42 Å². The highest BCUT2D eigenvalue weighted by molar-refractivity contribution is 6.13. The van der Waals surface area contributed by atoms with Gasteiger partial charge in [-0.1, -0.05) is 141 Å². The zero-order valence-electron chi connectivity index (χ0n) is 33.3. The van der Waals surface area contributed by atoms with Crippen LogP contribution in [0.1, 0.15) is 25.0 Å². The molecule has 1 aliphatic carbocycles. The maximum atomic E-state index is 6.39. The second-order valence-electron chi connectivity index (χ2n) is 16.9.